The molecule has 1 aliphatic rings. The van der Waals surface area contributed by atoms with E-state index in [1.54, 1.807) is 0 Å². The van der Waals surface area contributed by atoms with E-state index in [4.69, 9.17) is 5.73 Å². The molecule has 0 bridgehead atoms. The van der Waals surface area contributed by atoms with Crippen molar-refractivity contribution in [2.24, 2.45) is 0 Å². The minimum atomic E-state index is 0.0606. The molecule has 0 fully saturated rings. The molecule has 1 atom stereocenters. The van der Waals surface area contributed by atoms with Crippen LogP contribution in [0.3, 0.4) is 0 Å². The average Bonchev–Trinajstić information content (AvgIpc) is 2.53. The number of hydrogen-bond acceptors (Lipinski definition) is 6. The summed E-state index contributed by atoms with van der Waals surface area (Å²) in [6.07, 6.45) is 2.27. The zero-order chi connectivity index (χ0) is 15.7. The fourth-order valence-electron chi connectivity index (χ4n) is 2.89. The van der Waals surface area contributed by atoms with Gasteiger partial charge in [0.05, 0.1) is 6.04 Å². The molecule has 0 spiro atoms. The number of nitrogens with two attached hydrogens (primary N) is 1. The van der Waals surface area contributed by atoms with Crippen LogP contribution in [-0.4, -0.2) is 35.6 Å². The molecule has 0 saturated heterocycles. The van der Waals surface area contributed by atoms with Gasteiger partial charge in [0.1, 0.15) is 0 Å². The lowest BCUT2D eigenvalue weighted by atomic mass is 10.00. The molecular weight excluding hydrogens is 276 g/mol. The topological polar surface area (TPSA) is 71.2 Å². The molecule has 6 nitrogen and oxygen atoms in total. The summed E-state index contributed by atoms with van der Waals surface area (Å²) in [5.41, 5.74) is 8.51. The van der Waals surface area contributed by atoms with Gasteiger partial charge < -0.3 is 15.5 Å². The van der Waals surface area contributed by atoms with Gasteiger partial charge in [-0.3, -0.25) is 0 Å². The molecule has 1 aliphatic heterocycles. The van der Waals surface area contributed by atoms with Crippen LogP contribution in [0, 0.1) is 0 Å². The number of anilines is 3. The van der Waals surface area contributed by atoms with Gasteiger partial charge in [0.2, 0.25) is 11.9 Å². The Morgan fingerprint density at radius 3 is 2.73 bits per heavy atom. The van der Waals surface area contributed by atoms with Gasteiger partial charge >= 0.3 is 0 Å². The molecule has 0 amide bonds. The van der Waals surface area contributed by atoms with Crippen LogP contribution in [-0.2, 0) is 6.42 Å². The Labute approximate surface area is 131 Å². The van der Waals surface area contributed by atoms with Crippen molar-refractivity contribution in [3.05, 3.63) is 35.7 Å². The monoisotopic (exact) mass is 298 g/mol. The lowest BCUT2D eigenvalue weighted by Crippen LogP contribution is -2.33. The number of rotatable bonds is 3. The third-order valence-electron chi connectivity index (χ3n) is 4.05. The van der Waals surface area contributed by atoms with E-state index >= 15 is 0 Å². The molecule has 6 heteroatoms. The second-order valence-corrected chi connectivity index (χ2v) is 5.85. The van der Waals surface area contributed by atoms with Crippen LogP contribution in [0.2, 0.25) is 0 Å². The Morgan fingerprint density at radius 2 is 1.95 bits per heavy atom. The van der Waals surface area contributed by atoms with Crippen LogP contribution < -0.4 is 15.5 Å². The van der Waals surface area contributed by atoms with Crippen molar-refractivity contribution >= 4 is 17.6 Å². The predicted octanol–water partition coefficient (Wildman–Crippen LogP) is 2.03. The number of benzene rings is 1. The highest BCUT2D eigenvalue weighted by atomic mass is 15.3. The van der Waals surface area contributed by atoms with Crippen molar-refractivity contribution in [2.75, 3.05) is 36.2 Å². The molecule has 0 saturated carbocycles. The molecule has 3 rings (SSSR count). The summed E-state index contributed by atoms with van der Waals surface area (Å²) < 4.78 is 0. The zero-order valence-corrected chi connectivity index (χ0v) is 13.3. The number of nitrogens with zero attached hydrogens (tertiary/aromatic N) is 5. The molecule has 2 N–H and O–H groups in total. The van der Waals surface area contributed by atoms with Crippen LogP contribution in [0.25, 0.3) is 0 Å². The number of hydrogen-bond donors (Lipinski definition) is 1. The maximum Gasteiger partial charge on any atom is 0.229 e. The van der Waals surface area contributed by atoms with Gasteiger partial charge in [-0.25, -0.2) is 0 Å². The van der Waals surface area contributed by atoms with Gasteiger partial charge in [-0.1, -0.05) is 18.2 Å². The summed E-state index contributed by atoms with van der Waals surface area (Å²) in [6, 6.07) is 8.60. The van der Waals surface area contributed by atoms with Gasteiger partial charge in [-0.15, -0.1) is 0 Å². The fraction of sp³-hybridized carbons (Fsp3) is 0.438. The molecule has 2 heterocycles. The number of aromatic nitrogens is 3. The Balaban J connectivity index is 1.97. The molecule has 2 aromatic rings. The average molecular weight is 298 g/mol. The maximum atomic E-state index is 5.85. The van der Waals surface area contributed by atoms with Gasteiger partial charge in [0.25, 0.3) is 0 Å². The second-order valence-electron chi connectivity index (χ2n) is 5.85. The SMILES string of the molecule is C[C@@H](c1nc(N)nc(N(C)C)n1)N1CCCc2ccccc21. The van der Waals surface area contributed by atoms with Crippen LogP contribution in [0.15, 0.2) is 24.3 Å². The predicted molar refractivity (Wildman–Crippen MR) is 89.1 cm³/mol. The van der Waals surface area contributed by atoms with E-state index in [-0.39, 0.29) is 12.0 Å². The first-order chi connectivity index (χ1) is 10.6. The molecule has 22 heavy (non-hydrogen) atoms. The molecule has 116 valence electrons. The summed E-state index contributed by atoms with van der Waals surface area (Å²) in [4.78, 5) is 17.3. The standard InChI is InChI=1S/C16H22N6/c1-11(14-18-15(17)20-16(19-14)21(2)3)22-10-6-8-12-7-4-5-9-13(12)22/h4-5,7,9,11H,6,8,10H2,1-3H3,(H2,17,18,19,20)/t11-/m0/s1. The third kappa shape index (κ3) is 2.68. The number of aryl methyl sites for hydroxylation is 1. The highest BCUT2D eigenvalue weighted by Crippen LogP contribution is 2.33. The minimum absolute atomic E-state index is 0.0606. The third-order valence-corrected chi connectivity index (χ3v) is 4.05. The number of para-hydroxylation sites is 1. The van der Waals surface area contributed by atoms with Crippen molar-refractivity contribution in [3.8, 4) is 0 Å². The van der Waals surface area contributed by atoms with E-state index in [9.17, 15) is 0 Å². The molecule has 1 aromatic heterocycles. The summed E-state index contributed by atoms with van der Waals surface area (Å²) in [5, 5.41) is 0. The summed E-state index contributed by atoms with van der Waals surface area (Å²) >= 11 is 0. The van der Waals surface area contributed by atoms with Crippen LogP contribution in [0.1, 0.15) is 30.8 Å². The van der Waals surface area contributed by atoms with Gasteiger partial charge in [0.15, 0.2) is 5.82 Å². The molecule has 0 aliphatic carbocycles. The van der Waals surface area contributed by atoms with E-state index < -0.39 is 0 Å². The quantitative estimate of drug-likeness (QED) is 0.935. The lowest BCUT2D eigenvalue weighted by molar-refractivity contribution is 0.589. The van der Waals surface area contributed by atoms with Crippen molar-refractivity contribution in [1.29, 1.82) is 0 Å². The van der Waals surface area contributed by atoms with Crippen molar-refractivity contribution in [1.82, 2.24) is 15.0 Å². The highest BCUT2D eigenvalue weighted by molar-refractivity contribution is 5.56. The summed E-state index contributed by atoms with van der Waals surface area (Å²) in [7, 11) is 3.80. The largest absolute Gasteiger partial charge is 0.368 e. The van der Waals surface area contributed by atoms with E-state index in [1.165, 1.54) is 11.3 Å². The number of nitrogen functional groups attached to an aromatic ring is 1. The Hall–Kier alpha value is -2.37. The molecule has 0 unspecified atom stereocenters. The molecule has 1 aromatic carbocycles. The Bertz CT molecular complexity index is 669. The first-order valence-corrected chi connectivity index (χ1v) is 7.59. The first kappa shape index (κ1) is 14.6. The van der Waals surface area contributed by atoms with E-state index in [0.717, 1.165) is 19.4 Å². The van der Waals surface area contributed by atoms with Crippen LogP contribution >= 0.6 is 0 Å². The van der Waals surface area contributed by atoms with E-state index in [2.05, 4.69) is 51.0 Å². The Kier molecular flexibility index (Phi) is 3.83. The fourth-order valence-corrected chi connectivity index (χ4v) is 2.89. The van der Waals surface area contributed by atoms with Crippen molar-refractivity contribution in [3.63, 3.8) is 0 Å². The van der Waals surface area contributed by atoms with E-state index in [1.807, 2.05) is 19.0 Å². The smallest absolute Gasteiger partial charge is 0.229 e. The number of fused-ring (bicyclic) bond motifs is 1. The van der Waals surface area contributed by atoms with Gasteiger partial charge in [-0.05, 0) is 31.4 Å². The van der Waals surface area contributed by atoms with E-state index in [0.29, 0.717) is 11.8 Å². The highest BCUT2D eigenvalue weighted by Gasteiger charge is 2.24. The zero-order valence-electron chi connectivity index (χ0n) is 13.3. The normalized spacial score (nSPS) is 15.3. The van der Waals surface area contributed by atoms with Crippen molar-refractivity contribution in [2.45, 2.75) is 25.8 Å². The summed E-state index contributed by atoms with van der Waals surface area (Å²) in [6.45, 7) is 3.12. The van der Waals surface area contributed by atoms with Gasteiger partial charge in [-0.2, -0.15) is 15.0 Å². The Morgan fingerprint density at radius 1 is 1.18 bits per heavy atom. The molecular formula is C16H22N6. The maximum absolute atomic E-state index is 5.85. The second kappa shape index (κ2) is 5.79. The first-order valence-electron chi connectivity index (χ1n) is 7.59. The van der Waals surface area contributed by atoms with Crippen LogP contribution in [0.5, 0.6) is 0 Å². The lowest BCUT2D eigenvalue weighted by Gasteiger charge is -2.35. The minimum Gasteiger partial charge on any atom is -0.368 e. The van der Waals surface area contributed by atoms with Crippen LogP contribution in [0.4, 0.5) is 17.6 Å². The summed E-state index contributed by atoms with van der Waals surface area (Å²) in [5.74, 6) is 1.58. The van der Waals surface area contributed by atoms with Crippen molar-refractivity contribution < 1.29 is 0 Å². The van der Waals surface area contributed by atoms with Gasteiger partial charge in [0, 0.05) is 26.3 Å². The molecule has 0 radical (unpaired) electrons.